The maximum atomic E-state index is 13.3. The number of hydrogen-bond donors (Lipinski definition) is 2. The number of halogens is 1. The third-order valence-electron chi connectivity index (χ3n) is 5.09. The molecule has 1 aliphatic rings. The van der Waals surface area contributed by atoms with Crippen molar-refractivity contribution in [3.05, 3.63) is 54.5 Å². The number of H-pyrrole nitrogens is 1. The van der Waals surface area contributed by atoms with Crippen LogP contribution in [0.25, 0.3) is 22.0 Å². The molecule has 0 bridgehead atoms. The van der Waals surface area contributed by atoms with Crippen molar-refractivity contribution in [2.75, 3.05) is 45.1 Å². The highest BCUT2D eigenvalue weighted by molar-refractivity contribution is 5.96. The van der Waals surface area contributed by atoms with Crippen LogP contribution in [-0.4, -0.2) is 60.5 Å². The van der Waals surface area contributed by atoms with E-state index in [4.69, 9.17) is 0 Å². The summed E-state index contributed by atoms with van der Waals surface area (Å²) in [6.07, 6.45) is 1.88. The molecule has 5 nitrogen and oxygen atoms in total. The van der Waals surface area contributed by atoms with E-state index < -0.39 is 0 Å². The monoisotopic (exact) mass is 366 g/mol. The number of hydrogen-bond acceptors (Lipinski definition) is 3. The number of piperazine rings is 1. The van der Waals surface area contributed by atoms with Crippen LogP contribution in [0.5, 0.6) is 0 Å². The summed E-state index contributed by atoms with van der Waals surface area (Å²) < 4.78 is 13.3. The Hall–Kier alpha value is -2.70. The minimum Gasteiger partial charge on any atom is -0.360 e. The molecule has 2 N–H and O–H groups in total. The molecule has 0 saturated carbocycles. The molecule has 1 aliphatic heterocycles. The first-order valence-electron chi connectivity index (χ1n) is 9.16. The van der Waals surface area contributed by atoms with E-state index in [1.165, 1.54) is 12.1 Å². The largest absolute Gasteiger partial charge is 0.360 e. The number of fused-ring (bicyclic) bond motifs is 1. The van der Waals surface area contributed by atoms with Crippen LogP contribution in [0.1, 0.15) is 0 Å². The lowest BCUT2D eigenvalue weighted by molar-refractivity contribution is -0.117. The van der Waals surface area contributed by atoms with Gasteiger partial charge in [-0.3, -0.25) is 9.69 Å². The van der Waals surface area contributed by atoms with Gasteiger partial charge in [0.2, 0.25) is 5.91 Å². The SMILES string of the molecule is CN1CCN(CC(=O)Nc2ccc(-c3c[nH]c4cc(F)ccc34)cc2)CC1. The zero-order valence-electron chi connectivity index (χ0n) is 15.3. The van der Waals surface area contributed by atoms with Crippen LogP contribution in [0.15, 0.2) is 48.7 Å². The number of aromatic nitrogens is 1. The Balaban J connectivity index is 1.42. The van der Waals surface area contributed by atoms with Gasteiger partial charge >= 0.3 is 0 Å². The van der Waals surface area contributed by atoms with Crippen LogP contribution in [0, 0.1) is 5.82 Å². The Labute approximate surface area is 157 Å². The summed E-state index contributed by atoms with van der Waals surface area (Å²) in [7, 11) is 2.10. The second-order valence-corrected chi connectivity index (χ2v) is 7.10. The van der Waals surface area contributed by atoms with Gasteiger partial charge in [-0.2, -0.15) is 0 Å². The number of nitrogens with zero attached hydrogens (tertiary/aromatic N) is 2. The standard InChI is InChI=1S/C21H23FN4O/c1-25-8-10-26(11-9-25)14-21(27)24-17-5-2-15(3-6-17)19-13-23-20-12-16(22)4-7-18(19)20/h2-7,12-13,23H,8-11,14H2,1H3,(H,24,27). The number of carbonyl (C=O) groups excluding carboxylic acids is 1. The second-order valence-electron chi connectivity index (χ2n) is 7.10. The van der Waals surface area contributed by atoms with Crippen molar-refractivity contribution in [2.24, 2.45) is 0 Å². The predicted octanol–water partition coefficient (Wildman–Crippen LogP) is 3.16. The molecule has 1 amide bonds. The molecule has 1 aromatic heterocycles. The number of carbonyl (C=O) groups is 1. The van der Waals surface area contributed by atoms with Gasteiger partial charge in [-0.05, 0) is 42.9 Å². The van der Waals surface area contributed by atoms with Crippen LogP contribution in [0.4, 0.5) is 10.1 Å². The molecule has 3 aromatic rings. The first-order chi connectivity index (χ1) is 13.1. The van der Waals surface area contributed by atoms with Crippen LogP contribution in [-0.2, 0) is 4.79 Å². The van der Waals surface area contributed by atoms with Crippen LogP contribution >= 0.6 is 0 Å². The lowest BCUT2D eigenvalue weighted by Crippen LogP contribution is -2.47. The van der Waals surface area contributed by atoms with E-state index in [1.54, 1.807) is 6.07 Å². The number of rotatable bonds is 4. The molecule has 0 radical (unpaired) electrons. The van der Waals surface area contributed by atoms with Gasteiger partial charge in [0.25, 0.3) is 0 Å². The van der Waals surface area contributed by atoms with E-state index in [9.17, 15) is 9.18 Å². The predicted molar refractivity (Wildman–Crippen MR) is 106 cm³/mol. The van der Waals surface area contributed by atoms with Gasteiger partial charge in [0, 0.05) is 54.5 Å². The molecule has 6 heteroatoms. The number of nitrogens with one attached hydrogen (secondary N) is 2. The fourth-order valence-electron chi connectivity index (χ4n) is 3.48. The fraction of sp³-hybridized carbons (Fsp3) is 0.286. The average molecular weight is 366 g/mol. The second kappa shape index (κ2) is 7.50. The van der Waals surface area contributed by atoms with E-state index in [-0.39, 0.29) is 11.7 Å². The number of anilines is 1. The first kappa shape index (κ1) is 17.7. The van der Waals surface area contributed by atoms with Crippen molar-refractivity contribution in [3.63, 3.8) is 0 Å². The zero-order valence-corrected chi connectivity index (χ0v) is 15.3. The van der Waals surface area contributed by atoms with Gasteiger partial charge in [-0.1, -0.05) is 12.1 Å². The Bertz CT molecular complexity index is 942. The van der Waals surface area contributed by atoms with Crippen molar-refractivity contribution in [3.8, 4) is 11.1 Å². The van der Waals surface area contributed by atoms with Crippen molar-refractivity contribution < 1.29 is 9.18 Å². The Morgan fingerprint density at radius 2 is 1.85 bits per heavy atom. The van der Waals surface area contributed by atoms with Gasteiger partial charge in [0.1, 0.15) is 5.82 Å². The van der Waals surface area contributed by atoms with Crippen LogP contribution < -0.4 is 5.32 Å². The van der Waals surface area contributed by atoms with E-state index in [0.29, 0.717) is 6.54 Å². The van der Waals surface area contributed by atoms with Gasteiger partial charge in [-0.15, -0.1) is 0 Å². The molecule has 0 aliphatic carbocycles. The topological polar surface area (TPSA) is 51.4 Å². The molecule has 0 atom stereocenters. The summed E-state index contributed by atoms with van der Waals surface area (Å²) in [6.45, 7) is 4.25. The zero-order chi connectivity index (χ0) is 18.8. The highest BCUT2D eigenvalue weighted by atomic mass is 19.1. The van der Waals surface area contributed by atoms with E-state index in [1.807, 2.05) is 30.5 Å². The van der Waals surface area contributed by atoms with E-state index in [2.05, 4.69) is 27.1 Å². The molecule has 2 aromatic carbocycles. The van der Waals surface area contributed by atoms with Crippen LogP contribution in [0.3, 0.4) is 0 Å². The third-order valence-corrected chi connectivity index (χ3v) is 5.09. The summed E-state index contributed by atoms with van der Waals surface area (Å²) in [6, 6.07) is 12.5. The molecule has 2 heterocycles. The quantitative estimate of drug-likeness (QED) is 0.746. The maximum Gasteiger partial charge on any atom is 0.238 e. The molecule has 0 unspecified atom stereocenters. The number of likely N-dealkylation sites (N-methyl/N-ethyl adjacent to an activating group) is 1. The summed E-state index contributed by atoms with van der Waals surface area (Å²) in [4.78, 5) is 19.8. The summed E-state index contributed by atoms with van der Waals surface area (Å²) in [5.74, 6) is -0.246. The normalized spacial score (nSPS) is 15.9. The molecule has 1 saturated heterocycles. The minimum absolute atomic E-state index is 0.00914. The fourth-order valence-corrected chi connectivity index (χ4v) is 3.48. The Morgan fingerprint density at radius 3 is 2.59 bits per heavy atom. The minimum atomic E-state index is -0.255. The summed E-state index contributed by atoms with van der Waals surface area (Å²) in [5, 5.41) is 3.94. The van der Waals surface area contributed by atoms with Gasteiger partial charge in [-0.25, -0.2) is 4.39 Å². The average Bonchev–Trinajstić information content (AvgIpc) is 3.07. The Kier molecular flexibility index (Phi) is 4.92. The van der Waals surface area contributed by atoms with Gasteiger partial charge < -0.3 is 15.2 Å². The number of aromatic amines is 1. The van der Waals surface area contributed by atoms with E-state index >= 15 is 0 Å². The maximum absolute atomic E-state index is 13.3. The van der Waals surface area contributed by atoms with Crippen LogP contribution in [0.2, 0.25) is 0 Å². The Morgan fingerprint density at radius 1 is 1.11 bits per heavy atom. The highest BCUT2D eigenvalue weighted by Crippen LogP contribution is 2.29. The van der Waals surface area contributed by atoms with Gasteiger partial charge in [0.15, 0.2) is 0 Å². The number of benzene rings is 2. The van der Waals surface area contributed by atoms with Crippen molar-refractivity contribution in [1.29, 1.82) is 0 Å². The smallest absolute Gasteiger partial charge is 0.238 e. The lowest BCUT2D eigenvalue weighted by Gasteiger charge is -2.31. The molecule has 4 rings (SSSR count). The van der Waals surface area contributed by atoms with Crippen molar-refractivity contribution >= 4 is 22.5 Å². The molecular weight excluding hydrogens is 343 g/mol. The third kappa shape index (κ3) is 4.02. The van der Waals surface area contributed by atoms with Crippen molar-refractivity contribution in [2.45, 2.75) is 0 Å². The number of amides is 1. The first-order valence-corrected chi connectivity index (χ1v) is 9.16. The summed E-state index contributed by atoms with van der Waals surface area (Å²) >= 11 is 0. The summed E-state index contributed by atoms with van der Waals surface area (Å²) in [5.41, 5.74) is 3.59. The van der Waals surface area contributed by atoms with Crippen molar-refractivity contribution in [1.82, 2.24) is 14.8 Å². The molecule has 0 spiro atoms. The molecule has 1 fully saturated rings. The van der Waals surface area contributed by atoms with E-state index in [0.717, 1.165) is 53.9 Å². The molecular formula is C21H23FN4O. The highest BCUT2D eigenvalue weighted by Gasteiger charge is 2.16. The molecule has 140 valence electrons. The lowest BCUT2D eigenvalue weighted by atomic mass is 10.0. The molecule has 27 heavy (non-hydrogen) atoms. The van der Waals surface area contributed by atoms with Gasteiger partial charge in [0.05, 0.1) is 6.54 Å².